The maximum atomic E-state index is 10.9. The van der Waals surface area contributed by atoms with Gasteiger partial charge in [-0.2, -0.15) is 0 Å². The first kappa shape index (κ1) is 13.1. The summed E-state index contributed by atoms with van der Waals surface area (Å²) < 4.78 is 1.25. The monoisotopic (exact) mass is 263 g/mol. The smallest absolute Gasteiger partial charge is 0.320 e. The molecule has 96 valence electrons. The summed E-state index contributed by atoms with van der Waals surface area (Å²) in [5.74, 6) is -0.819. The van der Waals surface area contributed by atoms with E-state index in [1.165, 1.54) is 20.5 Å². The molecule has 2 unspecified atom stereocenters. The Bertz CT molecular complexity index is 576. The second-order valence-electron chi connectivity index (χ2n) is 4.54. The minimum absolute atomic E-state index is 0.0495. The number of aliphatic carboxylic acids is 1. The molecule has 0 aliphatic carbocycles. The van der Waals surface area contributed by atoms with Crippen molar-refractivity contribution in [2.75, 3.05) is 0 Å². The number of fused-ring (bicyclic) bond motifs is 1. The summed E-state index contributed by atoms with van der Waals surface area (Å²) in [5.41, 5.74) is 1.24. The maximum absolute atomic E-state index is 10.9. The van der Waals surface area contributed by atoms with Crippen LogP contribution in [0.3, 0.4) is 0 Å². The molecule has 1 heterocycles. The highest BCUT2D eigenvalue weighted by Gasteiger charge is 2.18. The largest absolute Gasteiger partial charge is 0.480 e. The third-order valence-electron chi connectivity index (χ3n) is 3.14. The average molecular weight is 263 g/mol. The van der Waals surface area contributed by atoms with Crippen molar-refractivity contribution < 1.29 is 9.90 Å². The van der Waals surface area contributed by atoms with Crippen LogP contribution in [0.15, 0.2) is 24.3 Å². The molecule has 0 saturated carbocycles. The number of thiophene rings is 1. The number of carbonyl (C=O) groups is 1. The van der Waals surface area contributed by atoms with Gasteiger partial charge in [-0.05, 0) is 37.8 Å². The van der Waals surface area contributed by atoms with Crippen LogP contribution in [-0.4, -0.2) is 17.1 Å². The van der Waals surface area contributed by atoms with Gasteiger partial charge in [0.2, 0.25) is 0 Å². The second-order valence-corrected chi connectivity index (χ2v) is 5.62. The number of benzene rings is 1. The molecule has 1 aromatic carbocycles. The summed E-state index contributed by atoms with van der Waals surface area (Å²) in [4.78, 5) is 12.1. The topological polar surface area (TPSA) is 49.3 Å². The third-order valence-corrected chi connectivity index (χ3v) is 4.60. The van der Waals surface area contributed by atoms with Gasteiger partial charge in [0.1, 0.15) is 6.04 Å². The van der Waals surface area contributed by atoms with Gasteiger partial charge in [-0.25, -0.2) is 0 Å². The lowest BCUT2D eigenvalue weighted by molar-refractivity contribution is -0.139. The Morgan fingerprint density at radius 2 is 2.00 bits per heavy atom. The molecule has 2 aromatic rings. The van der Waals surface area contributed by atoms with Gasteiger partial charge in [0, 0.05) is 15.6 Å². The fraction of sp³-hybridized carbons (Fsp3) is 0.357. The molecular weight excluding hydrogens is 246 g/mol. The van der Waals surface area contributed by atoms with Crippen molar-refractivity contribution in [2.45, 2.75) is 32.9 Å². The molecule has 0 amide bonds. The van der Waals surface area contributed by atoms with Crippen LogP contribution in [-0.2, 0) is 4.79 Å². The fourth-order valence-electron chi connectivity index (χ4n) is 2.13. The van der Waals surface area contributed by atoms with Crippen LogP contribution in [0.25, 0.3) is 10.1 Å². The Labute approximate surface area is 110 Å². The van der Waals surface area contributed by atoms with E-state index >= 15 is 0 Å². The predicted octanol–water partition coefficient (Wildman–Crippen LogP) is 3.33. The first-order chi connectivity index (χ1) is 8.50. The lowest BCUT2D eigenvalue weighted by atomic mass is 10.1. The zero-order valence-corrected chi connectivity index (χ0v) is 11.5. The molecular formula is C14H17NO2S. The molecule has 2 rings (SSSR count). The van der Waals surface area contributed by atoms with Crippen LogP contribution < -0.4 is 5.32 Å². The molecule has 1 aromatic heterocycles. The molecule has 18 heavy (non-hydrogen) atoms. The van der Waals surface area contributed by atoms with Crippen LogP contribution in [0.1, 0.15) is 30.3 Å². The van der Waals surface area contributed by atoms with Crippen LogP contribution in [0, 0.1) is 6.92 Å². The van der Waals surface area contributed by atoms with E-state index in [-0.39, 0.29) is 6.04 Å². The predicted molar refractivity (Wildman–Crippen MR) is 75.2 cm³/mol. The molecule has 0 spiro atoms. The van der Waals surface area contributed by atoms with E-state index in [1.54, 1.807) is 18.3 Å². The summed E-state index contributed by atoms with van der Waals surface area (Å²) in [6.45, 7) is 5.77. The minimum Gasteiger partial charge on any atom is -0.480 e. The average Bonchev–Trinajstić information content (AvgIpc) is 2.67. The van der Waals surface area contributed by atoms with Crippen molar-refractivity contribution in [3.05, 3.63) is 34.7 Å². The number of carboxylic acids is 1. The molecule has 2 N–H and O–H groups in total. The Morgan fingerprint density at radius 3 is 2.61 bits per heavy atom. The number of rotatable bonds is 4. The summed E-state index contributed by atoms with van der Waals surface area (Å²) >= 11 is 1.73. The first-order valence-electron chi connectivity index (χ1n) is 5.97. The number of carboxylic acid groups (broad SMARTS) is 1. The molecule has 0 saturated heterocycles. The third kappa shape index (κ3) is 2.40. The van der Waals surface area contributed by atoms with E-state index < -0.39 is 12.0 Å². The van der Waals surface area contributed by atoms with Gasteiger partial charge in [-0.3, -0.25) is 10.1 Å². The van der Waals surface area contributed by atoms with E-state index in [1.807, 2.05) is 19.1 Å². The zero-order chi connectivity index (χ0) is 13.3. The first-order valence-corrected chi connectivity index (χ1v) is 6.79. The van der Waals surface area contributed by atoms with Crippen molar-refractivity contribution in [2.24, 2.45) is 0 Å². The van der Waals surface area contributed by atoms with E-state index in [2.05, 4.69) is 24.4 Å². The van der Waals surface area contributed by atoms with Gasteiger partial charge in [0.15, 0.2) is 0 Å². The van der Waals surface area contributed by atoms with E-state index in [0.717, 1.165) is 0 Å². The highest BCUT2D eigenvalue weighted by molar-refractivity contribution is 7.19. The normalized spacial score (nSPS) is 14.6. The quantitative estimate of drug-likeness (QED) is 0.889. The molecule has 0 aliphatic heterocycles. The maximum Gasteiger partial charge on any atom is 0.320 e. The van der Waals surface area contributed by atoms with Gasteiger partial charge in [-0.1, -0.05) is 18.2 Å². The van der Waals surface area contributed by atoms with Crippen LogP contribution >= 0.6 is 11.3 Å². The van der Waals surface area contributed by atoms with E-state index in [4.69, 9.17) is 5.11 Å². The Morgan fingerprint density at radius 1 is 1.33 bits per heavy atom. The highest BCUT2D eigenvalue weighted by atomic mass is 32.1. The van der Waals surface area contributed by atoms with Gasteiger partial charge in [0.25, 0.3) is 0 Å². The molecule has 0 fully saturated rings. The summed E-state index contributed by atoms with van der Waals surface area (Å²) in [6.07, 6.45) is 0. The fourth-order valence-corrected chi connectivity index (χ4v) is 3.35. The van der Waals surface area contributed by atoms with E-state index in [9.17, 15) is 4.79 Å². The molecule has 2 atom stereocenters. The Kier molecular flexibility index (Phi) is 3.68. The van der Waals surface area contributed by atoms with Crippen LogP contribution in [0.4, 0.5) is 0 Å². The number of aryl methyl sites for hydroxylation is 1. The van der Waals surface area contributed by atoms with Crippen LogP contribution in [0.2, 0.25) is 0 Å². The lowest BCUT2D eigenvalue weighted by Crippen LogP contribution is -2.35. The number of nitrogens with one attached hydrogen (secondary N) is 1. The van der Waals surface area contributed by atoms with Crippen molar-refractivity contribution >= 4 is 27.4 Å². The minimum atomic E-state index is -0.819. The SMILES string of the molecule is Cc1c(C(C)NC(C)C(=O)O)sc2ccccc12. The summed E-state index contributed by atoms with van der Waals surface area (Å²) in [7, 11) is 0. The molecule has 3 nitrogen and oxygen atoms in total. The Hall–Kier alpha value is -1.39. The van der Waals surface area contributed by atoms with Crippen LogP contribution in [0.5, 0.6) is 0 Å². The molecule has 0 radical (unpaired) electrons. The van der Waals surface area contributed by atoms with Gasteiger partial charge in [-0.15, -0.1) is 11.3 Å². The zero-order valence-electron chi connectivity index (χ0n) is 10.7. The standard InChI is InChI=1S/C14H17NO2S/c1-8-11-6-4-5-7-12(11)18-13(8)9(2)15-10(3)14(16)17/h4-7,9-10,15H,1-3H3,(H,16,17). The van der Waals surface area contributed by atoms with Crippen molar-refractivity contribution in [1.29, 1.82) is 0 Å². The summed E-state index contributed by atoms with van der Waals surface area (Å²) in [6, 6.07) is 7.78. The van der Waals surface area contributed by atoms with Gasteiger partial charge >= 0.3 is 5.97 Å². The highest BCUT2D eigenvalue weighted by Crippen LogP contribution is 2.34. The Balaban J connectivity index is 2.30. The van der Waals surface area contributed by atoms with Crippen molar-refractivity contribution in [1.82, 2.24) is 5.32 Å². The molecule has 4 heteroatoms. The lowest BCUT2D eigenvalue weighted by Gasteiger charge is -2.16. The second kappa shape index (κ2) is 5.08. The van der Waals surface area contributed by atoms with E-state index in [0.29, 0.717) is 0 Å². The summed E-state index contributed by atoms with van der Waals surface area (Å²) in [5, 5.41) is 13.3. The van der Waals surface area contributed by atoms with Gasteiger partial charge < -0.3 is 5.11 Å². The van der Waals surface area contributed by atoms with Crippen molar-refractivity contribution in [3.63, 3.8) is 0 Å². The van der Waals surface area contributed by atoms with Gasteiger partial charge in [0.05, 0.1) is 0 Å². The molecule has 0 aliphatic rings. The molecule has 0 bridgehead atoms. The van der Waals surface area contributed by atoms with Crippen molar-refractivity contribution in [3.8, 4) is 0 Å². The number of hydrogen-bond acceptors (Lipinski definition) is 3. The number of hydrogen-bond donors (Lipinski definition) is 2.